The van der Waals surface area contributed by atoms with Crippen LogP contribution < -0.4 is 4.90 Å². The predicted octanol–water partition coefficient (Wildman–Crippen LogP) is 2.22. The van der Waals surface area contributed by atoms with Gasteiger partial charge in [-0.15, -0.1) is 0 Å². The summed E-state index contributed by atoms with van der Waals surface area (Å²) in [6.07, 6.45) is 1.65. The van der Waals surface area contributed by atoms with Crippen LogP contribution in [0.2, 0.25) is 0 Å². The summed E-state index contributed by atoms with van der Waals surface area (Å²) in [5.41, 5.74) is 1.33. The number of hydrogen-bond donors (Lipinski definition) is 0. The van der Waals surface area contributed by atoms with Crippen LogP contribution in [0.25, 0.3) is 10.8 Å². The number of morpholine rings is 1. The van der Waals surface area contributed by atoms with E-state index in [0.717, 1.165) is 29.5 Å². The Hall–Kier alpha value is -3.01. The van der Waals surface area contributed by atoms with Crippen LogP contribution in [-0.4, -0.2) is 81.0 Å². The molecule has 2 aromatic carbocycles. The van der Waals surface area contributed by atoms with Gasteiger partial charge < -0.3 is 14.5 Å². The number of aromatic nitrogens is 1. The van der Waals surface area contributed by atoms with E-state index < -0.39 is 10.0 Å². The number of piperazine rings is 1. The first-order valence-electron chi connectivity index (χ1n) is 11.1. The fraction of sp³-hybridized carbons (Fsp3) is 0.333. The van der Waals surface area contributed by atoms with Crippen molar-refractivity contribution in [2.45, 2.75) is 4.90 Å². The monoisotopic (exact) mass is 466 g/mol. The van der Waals surface area contributed by atoms with Gasteiger partial charge in [0.15, 0.2) is 0 Å². The second-order valence-electron chi connectivity index (χ2n) is 8.20. The van der Waals surface area contributed by atoms with E-state index in [2.05, 4.69) is 9.88 Å². The molecular formula is C24H26N4O4S. The van der Waals surface area contributed by atoms with Crippen LogP contribution >= 0.6 is 0 Å². The molecule has 8 nitrogen and oxygen atoms in total. The van der Waals surface area contributed by atoms with Gasteiger partial charge in [0, 0.05) is 51.2 Å². The molecule has 2 fully saturated rings. The number of sulfonamides is 1. The van der Waals surface area contributed by atoms with Gasteiger partial charge in [0.2, 0.25) is 10.0 Å². The number of rotatable bonds is 4. The lowest BCUT2D eigenvalue weighted by Gasteiger charge is -2.34. The first-order chi connectivity index (χ1) is 16.0. The molecule has 0 radical (unpaired) electrons. The third-order valence-corrected chi connectivity index (χ3v) is 8.12. The van der Waals surface area contributed by atoms with Gasteiger partial charge in [0.1, 0.15) is 5.69 Å². The molecule has 0 bridgehead atoms. The molecule has 0 unspecified atom stereocenters. The zero-order chi connectivity index (χ0) is 22.8. The number of ether oxygens (including phenoxy) is 1. The maximum atomic E-state index is 13.2. The summed E-state index contributed by atoms with van der Waals surface area (Å²) in [4.78, 5) is 21.5. The molecule has 3 aromatic rings. The average molecular weight is 467 g/mol. The minimum atomic E-state index is -3.63. The first kappa shape index (κ1) is 21.8. The Kier molecular flexibility index (Phi) is 6.01. The zero-order valence-corrected chi connectivity index (χ0v) is 19.1. The molecule has 2 saturated heterocycles. The standard InChI is InChI=1S/C24H26N4O4S/c29-24(23-18-21(7-8-25-23)26-13-15-32-16-14-26)27-9-11-28(12-10-27)33(30,31)22-6-5-19-3-1-2-4-20(19)17-22/h1-8,17-18H,9-16H2. The maximum absolute atomic E-state index is 13.2. The summed E-state index contributed by atoms with van der Waals surface area (Å²) in [6.45, 7) is 4.06. The molecule has 0 spiro atoms. The number of pyridine rings is 1. The van der Waals surface area contributed by atoms with E-state index in [4.69, 9.17) is 4.74 Å². The lowest BCUT2D eigenvalue weighted by molar-refractivity contribution is 0.0692. The Labute approximate surface area is 193 Å². The van der Waals surface area contributed by atoms with Gasteiger partial charge in [-0.1, -0.05) is 30.3 Å². The van der Waals surface area contributed by atoms with Crippen molar-refractivity contribution in [2.75, 3.05) is 57.4 Å². The van der Waals surface area contributed by atoms with Gasteiger partial charge in [-0.3, -0.25) is 9.78 Å². The Balaban J connectivity index is 1.27. The summed E-state index contributed by atoms with van der Waals surface area (Å²) in [5, 5.41) is 1.89. The van der Waals surface area contributed by atoms with Crippen LogP contribution in [0.5, 0.6) is 0 Å². The minimum absolute atomic E-state index is 0.173. The van der Waals surface area contributed by atoms with E-state index in [-0.39, 0.29) is 23.9 Å². The Bertz CT molecular complexity index is 1270. The lowest BCUT2D eigenvalue weighted by Crippen LogP contribution is -2.50. The number of nitrogens with zero attached hydrogens (tertiary/aromatic N) is 4. The fourth-order valence-electron chi connectivity index (χ4n) is 4.33. The molecule has 9 heteroatoms. The molecule has 3 heterocycles. The lowest BCUT2D eigenvalue weighted by atomic mass is 10.1. The Morgan fingerprint density at radius 1 is 0.848 bits per heavy atom. The van der Waals surface area contributed by atoms with Crippen molar-refractivity contribution in [2.24, 2.45) is 0 Å². The van der Waals surface area contributed by atoms with Crippen molar-refractivity contribution in [1.29, 1.82) is 0 Å². The number of anilines is 1. The number of hydrogen-bond acceptors (Lipinski definition) is 6. The highest BCUT2D eigenvalue weighted by Crippen LogP contribution is 2.23. The van der Waals surface area contributed by atoms with Gasteiger partial charge in [-0.05, 0) is 35.0 Å². The number of carbonyl (C=O) groups excluding carboxylic acids is 1. The van der Waals surface area contributed by atoms with Crippen molar-refractivity contribution in [1.82, 2.24) is 14.2 Å². The van der Waals surface area contributed by atoms with E-state index in [1.807, 2.05) is 42.5 Å². The normalized spacial score (nSPS) is 17.9. The molecule has 0 atom stereocenters. The summed E-state index contributed by atoms with van der Waals surface area (Å²) in [6, 6.07) is 16.6. The predicted molar refractivity (Wildman–Crippen MR) is 126 cm³/mol. The molecule has 5 rings (SSSR count). The number of carbonyl (C=O) groups is 1. The first-order valence-corrected chi connectivity index (χ1v) is 12.5. The zero-order valence-electron chi connectivity index (χ0n) is 18.3. The Morgan fingerprint density at radius 3 is 2.33 bits per heavy atom. The highest BCUT2D eigenvalue weighted by atomic mass is 32.2. The minimum Gasteiger partial charge on any atom is -0.378 e. The molecule has 0 N–H and O–H groups in total. The molecule has 1 aromatic heterocycles. The van der Waals surface area contributed by atoms with Crippen molar-refractivity contribution < 1.29 is 17.9 Å². The van der Waals surface area contributed by atoms with Gasteiger partial charge in [0.25, 0.3) is 5.91 Å². The van der Waals surface area contributed by atoms with Crippen molar-refractivity contribution >= 4 is 32.4 Å². The third kappa shape index (κ3) is 4.44. The van der Waals surface area contributed by atoms with Crippen LogP contribution in [0.4, 0.5) is 5.69 Å². The molecule has 1 amide bonds. The van der Waals surface area contributed by atoms with E-state index in [0.29, 0.717) is 32.0 Å². The molecule has 172 valence electrons. The Morgan fingerprint density at radius 2 is 1.58 bits per heavy atom. The highest BCUT2D eigenvalue weighted by molar-refractivity contribution is 7.89. The number of benzene rings is 2. The van der Waals surface area contributed by atoms with Gasteiger partial charge >= 0.3 is 0 Å². The van der Waals surface area contributed by atoms with Gasteiger partial charge in [-0.25, -0.2) is 8.42 Å². The summed E-state index contributed by atoms with van der Waals surface area (Å²) in [7, 11) is -3.63. The largest absolute Gasteiger partial charge is 0.378 e. The van der Waals surface area contributed by atoms with Crippen LogP contribution in [0.3, 0.4) is 0 Å². The maximum Gasteiger partial charge on any atom is 0.272 e. The molecule has 0 saturated carbocycles. The van der Waals surface area contributed by atoms with Crippen molar-refractivity contribution in [3.63, 3.8) is 0 Å². The summed E-state index contributed by atoms with van der Waals surface area (Å²) in [5.74, 6) is -0.173. The van der Waals surface area contributed by atoms with Crippen LogP contribution in [0.15, 0.2) is 65.7 Å². The van der Waals surface area contributed by atoms with Gasteiger partial charge in [-0.2, -0.15) is 4.31 Å². The second-order valence-corrected chi connectivity index (χ2v) is 10.1. The molecular weight excluding hydrogens is 440 g/mol. The molecule has 33 heavy (non-hydrogen) atoms. The van der Waals surface area contributed by atoms with Crippen molar-refractivity contribution in [3.05, 3.63) is 66.5 Å². The summed E-state index contributed by atoms with van der Waals surface area (Å²) < 4.78 is 33.2. The van der Waals surface area contributed by atoms with E-state index in [1.54, 1.807) is 23.2 Å². The average Bonchev–Trinajstić information content (AvgIpc) is 2.88. The number of fused-ring (bicyclic) bond motifs is 1. The topological polar surface area (TPSA) is 83.1 Å². The van der Waals surface area contributed by atoms with E-state index in [9.17, 15) is 13.2 Å². The smallest absolute Gasteiger partial charge is 0.272 e. The number of amides is 1. The van der Waals surface area contributed by atoms with E-state index >= 15 is 0 Å². The second kappa shape index (κ2) is 9.09. The molecule has 2 aliphatic rings. The summed E-state index contributed by atoms with van der Waals surface area (Å²) >= 11 is 0. The van der Waals surface area contributed by atoms with Crippen LogP contribution in [-0.2, 0) is 14.8 Å². The van der Waals surface area contributed by atoms with Crippen molar-refractivity contribution in [3.8, 4) is 0 Å². The third-order valence-electron chi connectivity index (χ3n) is 6.22. The molecule has 2 aliphatic heterocycles. The highest BCUT2D eigenvalue weighted by Gasteiger charge is 2.31. The van der Waals surface area contributed by atoms with E-state index in [1.165, 1.54) is 4.31 Å². The molecule has 0 aliphatic carbocycles. The van der Waals surface area contributed by atoms with Crippen LogP contribution in [0.1, 0.15) is 10.5 Å². The fourth-order valence-corrected chi connectivity index (χ4v) is 5.78. The van der Waals surface area contributed by atoms with Crippen LogP contribution in [0, 0.1) is 0 Å². The SMILES string of the molecule is O=C(c1cc(N2CCOCC2)ccn1)N1CCN(S(=O)(=O)c2ccc3ccccc3c2)CC1. The quantitative estimate of drug-likeness (QED) is 0.586. The van der Waals surface area contributed by atoms with Gasteiger partial charge in [0.05, 0.1) is 18.1 Å².